The SMILES string of the molecule is COc1ccc(CN(Cc2c(Cl)cccc2Cl)C(=S)Nc2ccc(Cl)cc2)cc1. The van der Waals surface area contributed by atoms with E-state index in [1.54, 1.807) is 7.11 Å². The van der Waals surface area contributed by atoms with E-state index >= 15 is 0 Å². The Morgan fingerprint density at radius 2 is 1.52 bits per heavy atom. The van der Waals surface area contributed by atoms with E-state index in [0.717, 1.165) is 22.6 Å². The molecule has 0 aliphatic carbocycles. The van der Waals surface area contributed by atoms with Gasteiger partial charge in [0.25, 0.3) is 0 Å². The van der Waals surface area contributed by atoms with Gasteiger partial charge < -0.3 is 15.0 Å². The van der Waals surface area contributed by atoms with Crippen LogP contribution in [0, 0.1) is 0 Å². The third-order valence-electron chi connectivity index (χ3n) is 4.33. The van der Waals surface area contributed by atoms with E-state index < -0.39 is 0 Å². The molecule has 0 unspecified atom stereocenters. The molecule has 1 N–H and O–H groups in total. The number of hydrogen-bond donors (Lipinski definition) is 1. The third-order valence-corrected chi connectivity index (χ3v) is 5.65. The Bertz CT molecular complexity index is 958. The lowest BCUT2D eigenvalue weighted by Gasteiger charge is -2.27. The fourth-order valence-corrected chi connectivity index (χ4v) is 3.65. The third kappa shape index (κ3) is 6.00. The molecule has 0 amide bonds. The smallest absolute Gasteiger partial charge is 0.174 e. The minimum atomic E-state index is 0.462. The standard InChI is InChI=1S/C22H19Cl3N2OS/c1-28-18-11-5-15(6-12-18)13-27(14-19-20(24)3-2-4-21(19)25)22(29)26-17-9-7-16(23)8-10-17/h2-12H,13-14H2,1H3,(H,26,29). The molecule has 0 aromatic heterocycles. The van der Waals surface area contributed by atoms with Gasteiger partial charge in [0.2, 0.25) is 0 Å². The minimum absolute atomic E-state index is 0.462. The molecule has 0 spiro atoms. The fraction of sp³-hybridized carbons (Fsp3) is 0.136. The van der Waals surface area contributed by atoms with Crippen molar-refractivity contribution in [2.75, 3.05) is 12.4 Å². The van der Waals surface area contributed by atoms with Crippen molar-refractivity contribution in [3.8, 4) is 5.75 Å². The van der Waals surface area contributed by atoms with Gasteiger partial charge in [0.1, 0.15) is 5.75 Å². The number of rotatable bonds is 6. The summed E-state index contributed by atoms with van der Waals surface area (Å²) in [7, 11) is 1.64. The number of nitrogens with zero attached hydrogens (tertiary/aromatic N) is 1. The molecular weight excluding hydrogens is 447 g/mol. The molecule has 150 valence electrons. The van der Waals surface area contributed by atoms with Crippen molar-refractivity contribution < 1.29 is 4.74 Å². The van der Waals surface area contributed by atoms with Gasteiger partial charge in [0.05, 0.1) is 7.11 Å². The van der Waals surface area contributed by atoms with Crippen LogP contribution in [0.3, 0.4) is 0 Å². The normalized spacial score (nSPS) is 10.5. The van der Waals surface area contributed by atoms with Gasteiger partial charge in [-0.1, -0.05) is 53.0 Å². The van der Waals surface area contributed by atoms with E-state index in [9.17, 15) is 0 Å². The first-order valence-corrected chi connectivity index (χ1v) is 10.4. The zero-order chi connectivity index (χ0) is 20.8. The molecule has 0 atom stereocenters. The van der Waals surface area contributed by atoms with E-state index in [0.29, 0.717) is 33.3 Å². The number of ether oxygens (including phenoxy) is 1. The lowest BCUT2D eigenvalue weighted by molar-refractivity contribution is 0.407. The van der Waals surface area contributed by atoms with Crippen molar-refractivity contribution >= 4 is 57.8 Å². The van der Waals surface area contributed by atoms with Gasteiger partial charge in [0.15, 0.2) is 5.11 Å². The predicted octanol–water partition coefficient (Wildman–Crippen LogP) is 7.05. The summed E-state index contributed by atoms with van der Waals surface area (Å²) in [6, 6.07) is 20.7. The molecule has 0 bridgehead atoms. The van der Waals surface area contributed by atoms with Gasteiger partial charge >= 0.3 is 0 Å². The second-order valence-corrected chi connectivity index (χ2v) is 7.98. The van der Waals surface area contributed by atoms with E-state index in [-0.39, 0.29) is 0 Å². The highest BCUT2D eigenvalue weighted by molar-refractivity contribution is 7.80. The number of anilines is 1. The van der Waals surface area contributed by atoms with Crippen LogP contribution in [0.4, 0.5) is 5.69 Å². The Balaban J connectivity index is 1.84. The molecule has 3 nitrogen and oxygen atoms in total. The Morgan fingerprint density at radius 3 is 2.10 bits per heavy atom. The van der Waals surface area contributed by atoms with Crippen LogP contribution in [0.1, 0.15) is 11.1 Å². The summed E-state index contributed by atoms with van der Waals surface area (Å²) in [6.45, 7) is 1.04. The molecule has 0 fully saturated rings. The van der Waals surface area contributed by atoms with Crippen LogP contribution in [-0.2, 0) is 13.1 Å². The fourth-order valence-electron chi connectivity index (χ4n) is 2.76. The molecule has 29 heavy (non-hydrogen) atoms. The van der Waals surface area contributed by atoms with E-state index in [4.69, 9.17) is 51.8 Å². The number of nitrogens with one attached hydrogen (secondary N) is 1. The van der Waals surface area contributed by atoms with Crippen molar-refractivity contribution in [3.63, 3.8) is 0 Å². The Kier molecular flexibility index (Phi) is 7.62. The van der Waals surface area contributed by atoms with Crippen molar-refractivity contribution in [3.05, 3.63) is 92.9 Å². The zero-order valence-corrected chi connectivity index (χ0v) is 18.7. The summed E-state index contributed by atoms with van der Waals surface area (Å²) >= 11 is 24.5. The van der Waals surface area contributed by atoms with Crippen LogP contribution in [0.25, 0.3) is 0 Å². The molecule has 0 heterocycles. The quantitative estimate of drug-likeness (QED) is 0.394. The molecule has 3 rings (SSSR count). The summed E-state index contributed by atoms with van der Waals surface area (Å²) in [6.07, 6.45) is 0. The van der Waals surface area contributed by atoms with Crippen LogP contribution in [0.2, 0.25) is 15.1 Å². The molecule has 0 aliphatic heterocycles. The largest absolute Gasteiger partial charge is 0.497 e. The lowest BCUT2D eigenvalue weighted by atomic mass is 10.1. The maximum atomic E-state index is 6.39. The highest BCUT2D eigenvalue weighted by atomic mass is 35.5. The highest BCUT2D eigenvalue weighted by Gasteiger charge is 2.16. The Labute approximate surface area is 191 Å². The molecule has 3 aromatic carbocycles. The summed E-state index contributed by atoms with van der Waals surface area (Å²) in [5.74, 6) is 0.802. The maximum absolute atomic E-state index is 6.39. The number of methoxy groups -OCH3 is 1. The molecule has 0 saturated heterocycles. The summed E-state index contributed by atoms with van der Waals surface area (Å²) in [4.78, 5) is 2.01. The number of thiocarbonyl (C=S) groups is 1. The number of hydrogen-bond acceptors (Lipinski definition) is 2. The average Bonchev–Trinajstić information content (AvgIpc) is 2.72. The molecule has 7 heteroatoms. The minimum Gasteiger partial charge on any atom is -0.497 e. The molecule has 3 aromatic rings. The lowest BCUT2D eigenvalue weighted by Crippen LogP contribution is -2.34. The average molecular weight is 466 g/mol. The van der Waals surface area contributed by atoms with Crippen molar-refractivity contribution in [1.82, 2.24) is 4.90 Å². The van der Waals surface area contributed by atoms with Gasteiger partial charge in [-0.05, 0) is 66.3 Å². The molecule has 0 aliphatic rings. The first kappa shape index (κ1) is 21.7. The number of benzene rings is 3. The van der Waals surface area contributed by atoms with Gasteiger partial charge in [-0.2, -0.15) is 0 Å². The van der Waals surface area contributed by atoms with Crippen molar-refractivity contribution in [2.24, 2.45) is 0 Å². The second-order valence-electron chi connectivity index (χ2n) is 6.34. The zero-order valence-electron chi connectivity index (χ0n) is 15.7. The van der Waals surface area contributed by atoms with Gasteiger partial charge in [-0.25, -0.2) is 0 Å². The summed E-state index contributed by atoms with van der Waals surface area (Å²) in [5, 5.41) is 5.69. The van der Waals surface area contributed by atoms with Gasteiger partial charge in [0, 0.05) is 39.4 Å². The van der Waals surface area contributed by atoms with Crippen LogP contribution in [0.5, 0.6) is 5.75 Å². The van der Waals surface area contributed by atoms with Gasteiger partial charge in [-0.3, -0.25) is 0 Å². The van der Waals surface area contributed by atoms with Crippen LogP contribution in [-0.4, -0.2) is 17.1 Å². The van der Waals surface area contributed by atoms with Crippen molar-refractivity contribution in [1.29, 1.82) is 0 Å². The molecular formula is C22H19Cl3N2OS. The van der Waals surface area contributed by atoms with Crippen LogP contribution in [0.15, 0.2) is 66.7 Å². The topological polar surface area (TPSA) is 24.5 Å². The van der Waals surface area contributed by atoms with Gasteiger partial charge in [-0.15, -0.1) is 0 Å². The molecule has 0 radical (unpaired) electrons. The highest BCUT2D eigenvalue weighted by Crippen LogP contribution is 2.27. The van der Waals surface area contributed by atoms with E-state index in [2.05, 4.69) is 5.32 Å². The van der Waals surface area contributed by atoms with Crippen molar-refractivity contribution in [2.45, 2.75) is 13.1 Å². The van der Waals surface area contributed by atoms with Crippen LogP contribution >= 0.6 is 47.0 Å². The Hall–Kier alpha value is -1.98. The summed E-state index contributed by atoms with van der Waals surface area (Å²) < 4.78 is 5.24. The first-order valence-electron chi connectivity index (χ1n) is 8.83. The molecule has 0 saturated carbocycles. The first-order chi connectivity index (χ1) is 14.0. The summed E-state index contributed by atoms with van der Waals surface area (Å²) in [5.41, 5.74) is 2.75. The van der Waals surface area contributed by atoms with Crippen LogP contribution < -0.4 is 10.1 Å². The second kappa shape index (κ2) is 10.2. The van der Waals surface area contributed by atoms with E-state index in [1.165, 1.54) is 0 Å². The van der Waals surface area contributed by atoms with E-state index in [1.807, 2.05) is 71.6 Å². The predicted molar refractivity (Wildman–Crippen MR) is 126 cm³/mol. The maximum Gasteiger partial charge on any atom is 0.174 e. The number of halogens is 3. The Morgan fingerprint density at radius 1 is 0.897 bits per heavy atom. The monoisotopic (exact) mass is 464 g/mol.